The Labute approximate surface area is 127 Å². The monoisotopic (exact) mass is 308 g/mol. The van der Waals surface area contributed by atoms with Crippen LogP contribution in [-0.4, -0.2) is 32.4 Å². The summed E-state index contributed by atoms with van der Waals surface area (Å²) >= 11 is 0. The molecule has 0 bridgehead atoms. The Morgan fingerprint density at radius 2 is 2.00 bits per heavy atom. The van der Waals surface area contributed by atoms with Crippen LogP contribution in [0.4, 0.5) is 5.69 Å². The Balaban J connectivity index is 1.86. The van der Waals surface area contributed by atoms with Crippen LogP contribution in [0, 0.1) is 5.41 Å². The zero-order chi connectivity index (χ0) is 15.1. The number of anilines is 1. The minimum atomic E-state index is -3.36. The maximum atomic E-state index is 12.8. The molecule has 1 aromatic rings. The molecule has 1 N–H and O–H groups in total. The van der Waals surface area contributed by atoms with Crippen molar-refractivity contribution in [2.24, 2.45) is 5.41 Å². The summed E-state index contributed by atoms with van der Waals surface area (Å²) in [6, 6.07) is 5.51. The minimum Gasteiger partial charge on any atom is -0.384 e. The Kier molecular flexibility index (Phi) is 3.74. The molecule has 4 nitrogen and oxygen atoms in total. The van der Waals surface area contributed by atoms with E-state index in [1.54, 1.807) is 16.4 Å². The van der Waals surface area contributed by atoms with Gasteiger partial charge < -0.3 is 5.32 Å². The molecular weight excluding hydrogens is 284 g/mol. The summed E-state index contributed by atoms with van der Waals surface area (Å²) in [5, 5.41) is 3.26. The van der Waals surface area contributed by atoms with E-state index in [1.165, 1.54) is 5.56 Å². The van der Waals surface area contributed by atoms with Gasteiger partial charge in [-0.15, -0.1) is 0 Å². The second-order valence-corrected chi connectivity index (χ2v) is 8.86. The zero-order valence-electron chi connectivity index (χ0n) is 12.9. The van der Waals surface area contributed by atoms with E-state index in [9.17, 15) is 8.42 Å². The quantitative estimate of drug-likeness (QED) is 0.914. The fraction of sp³-hybridized carbons (Fsp3) is 0.625. The van der Waals surface area contributed by atoms with Crippen LogP contribution in [0.1, 0.15) is 38.7 Å². The molecule has 2 heterocycles. The molecule has 2 aliphatic rings. The summed E-state index contributed by atoms with van der Waals surface area (Å²) < 4.78 is 27.4. The molecular formula is C16H24N2O2S. The van der Waals surface area contributed by atoms with Crippen LogP contribution < -0.4 is 5.32 Å². The van der Waals surface area contributed by atoms with E-state index in [2.05, 4.69) is 19.2 Å². The molecule has 2 aliphatic heterocycles. The second kappa shape index (κ2) is 5.29. The van der Waals surface area contributed by atoms with E-state index in [1.807, 2.05) is 6.07 Å². The third-order valence-corrected chi connectivity index (χ3v) is 6.62. The van der Waals surface area contributed by atoms with E-state index in [0.717, 1.165) is 37.9 Å². The summed E-state index contributed by atoms with van der Waals surface area (Å²) in [4.78, 5) is 0.426. The molecule has 3 rings (SSSR count). The normalized spacial score (nSPS) is 22.4. The number of hydrogen-bond donors (Lipinski definition) is 1. The lowest BCUT2D eigenvalue weighted by molar-refractivity contribution is 0.315. The lowest BCUT2D eigenvalue weighted by Gasteiger charge is -2.23. The van der Waals surface area contributed by atoms with Gasteiger partial charge in [0, 0.05) is 25.3 Å². The largest absolute Gasteiger partial charge is 0.384 e. The average molecular weight is 308 g/mol. The van der Waals surface area contributed by atoms with Gasteiger partial charge in [-0.25, -0.2) is 8.42 Å². The van der Waals surface area contributed by atoms with Crippen molar-refractivity contribution in [1.29, 1.82) is 0 Å². The van der Waals surface area contributed by atoms with Gasteiger partial charge in [0.05, 0.1) is 4.90 Å². The minimum absolute atomic E-state index is 0.240. The highest BCUT2D eigenvalue weighted by molar-refractivity contribution is 7.89. The number of rotatable bonds is 2. The van der Waals surface area contributed by atoms with Crippen LogP contribution in [0.25, 0.3) is 0 Å². The Hall–Kier alpha value is -1.07. The number of benzene rings is 1. The van der Waals surface area contributed by atoms with Gasteiger partial charge in [0.15, 0.2) is 0 Å². The van der Waals surface area contributed by atoms with Gasteiger partial charge in [-0.2, -0.15) is 4.31 Å². The second-order valence-electron chi connectivity index (χ2n) is 6.92. The average Bonchev–Trinajstić information content (AvgIpc) is 2.81. The van der Waals surface area contributed by atoms with Crippen molar-refractivity contribution in [3.8, 4) is 0 Å². The molecule has 0 spiro atoms. The predicted octanol–water partition coefficient (Wildman–Crippen LogP) is 2.86. The maximum Gasteiger partial charge on any atom is 0.243 e. The molecule has 0 radical (unpaired) electrons. The van der Waals surface area contributed by atoms with Gasteiger partial charge in [0.25, 0.3) is 0 Å². The lowest BCUT2D eigenvalue weighted by atomic mass is 9.85. The van der Waals surface area contributed by atoms with Crippen molar-refractivity contribution in [2.75, 3.05) is 25.0 Å². The zero-order valence-corrected chi connectivity index (χ0v) is 13.7. The molecule has 0 saturated carbocycles. The molecule has 1 aromatic carbocycles. The molecule has 21 heavy (non-hydrogen) atoms. The van der Waals surface area contributed by atoms with Crippen LogP contribution in [0.2, 0.25) is 0 Å². The Morgan fingerprint density at radius 1 is 1.19 bits per heavy atom. The van der Waals surface area contributed by atoms with Gasteiger partial charge in [-0.05, 0) is 48.8 Å². The predicted molar refractivity (Wildman–Crippen MR) is 85.0 cm³/mol. The van der Waals surface area contributed by atoms with Gasteiger partial charge >= 0.3 is 0 Å². The molecule has 1 fully saturated rings. The topological polar surface area (TPSA) is 49.4 Å². The molecule has 0 aliphatic carbocycles. The van der Waals surface area contributed by atoms with Crippen LogP contribution in [0.5, 0.6) is 0 Å². The van der Waals surface area contributed by atoms with Crippen LogP contribution in [0.15, 0.2) is 23.1 Å². The summed E-state index contributed by atoms with van der Waals surface area (Å²) in [6.07, 6.45) is 3.93. The number of sulfonamides is 1. The first kappa shape index (κ1) is 14.9. The smallest absolute Gasteiger partial charge is 0.243 e. The molecule has 0 unspecified atom stereocenters. The SMILES string of the molecule is CC1(C)CCCN(S(=O)(=O)c2ccc3c(c2)NCC3)CC1. The van der Waals surface area contributed by atoms with E-state index in [0.29, 0.717) is 18.0 Å². The maximum absolute atomic E-state index is 12.8. The summed E-state index contributed by atoms with van der Waals surface area (Å²) in [5.74, 6) is 0. The molecule has 0 amide bonds. The fourth-order valence-electron chi connectivity index (χ4n) is 3.22. The van der Waals surface area contributed by atoms with E-state index in [4.69, 9.17) is 0 Å². The third kappa shape index (κ3) is 2.94. The van der Waals surface area contributed by atoms with Gasteiger partial charge in [0.1, 0.15) is 0 Å². The Bertz CT molecular complexity index is 638. The molecule has 116 valence electrons. The number of fused-ring (bicyclic) bond motifs is 1. The van der Waals surface area contributed by atoms with E-state index < -0.39 is 10.0 Å². The van der Waals surface area contributed by atoms with Gasteiger partial charge in [0.2, 0.25) is 10.0 Å². The van der Waals surface area contributed by atoms with Crippen LogP contribution in [0.3, 0.4) is 0 Å². The van der Waals surface area contributed by atoms with Gasteiger partial charge in [-0.1, -0.05) is 19.9 Å². The first-order valence-electron chi connectivity index (χ1n) is 7.75. The van der Waals surface area contributed by atoms with Crippen LogP contribution in [-0.2, 0) is 16.4 Å². The van der Waals surface area contributed by atoms with Gasteiger partial charge in [-0.3, -0.25) is 0 Å². The van der Waals surface area contributed by atoms with Crippen molar-refractivity contribution >= 4 is 15.7 Å². The van der Waals surface area contributed by atoms with Crippen LogP contribution >= 0.6 is 0 Å². The molecule has 5 heteroatoms. The summed E-state index contributed by atoms with van der Waals surface area (Å²) in [7, 11) is -3.36. The first-order chi connectivity index (χ1) is 9.88. The number of nitrogens with one attached hydrogen (secondary N) is 1. The highest BCUT2D eigenvalue weighted by atomic mass is 32.2. The highest BCUT2D eigenvalue weighted by Crippen LogP contribution is 2.33. The van der Waals surface area contributed by atoms with Crippen molar-refractivity contribution in [1.82, 2.24) is 4.31 Å². The fourth-order valence-corrected chi connectivity index (χ4v) is 4.72. The van der Waals surface area contributed by atoms with Crippen molar-refractivity contribution < 1.29 is 8.42 Å². The van der Waals surface area contributed by atoms with Crippen molar-refractivity contribution in [2.45, 2.75) is 44.4 Å². The standard InChI is InChI=1S/C16H24N2O2S/c1-16(2)7-3-10-18(11-8-16)21(19,20)14-5-4-13-6-9-17-15(13)12-14/h4-5,12,17H,3,6-11H2,1-2H3. The highest BCUT2D eigenvalue weighted by Gasteiger charge is 2.30. The summed E-state index contributed by atoms with van der Waals surface area (Å²) in [6.45, 7) is 6.61. The molecule has 0 atom stereocenters. The summed E-state index contributed by atoms with van der Waals surface area (Å²) in [5.41, 5.74) is 2.43. The van der Waals surface area contributed by atoms with E-state index in [-0.39, 0.29) is 5.41 Å². The lowest BCUT2D eigenvalue weighted by Crippen LogP contribution is -2.32. The molecule has 0 aromatic heterocycles. The number of nitrogens with zero attached hydrogens (tertiary/aromatic N) is 1. The third-order valence-electron chi connectivity index (χ3n) is 4.73. The van der Waals surface area contributed by atoms with Crippen molar-refractivity contribution in [3.63, 3.8) is 0 Å². The Morgan fingerprint density at radius 3 is 2.81 bits per heavy atom. The van der Waals surface area contributed by atoms with Crippen molar-refractivity contribution in [3.05, 3.63) is 23.8 Å². The molecule has 1 saturated heterocycles. The first-order valence-corrected chi connectivity index (χ1v) is 9.19. The number of hydrogen-bond acceptors (Lipinski definition) is 3. The van der Waals surface area contributed by atoms with E-state index >= 15 is 0 Å².